The molecule has 1 atom stereocenters. The minimum atomic E-state index is -0.944. The summed E-state index contributed by atoms with van der Waals surface area (Å²) in [6, 6.07) is 6.46. The molecule has 5 heteroatoms. The molecule has 0 bridgehead atoms. The van der Waals surface area contributed by atoms with Crippen molar-refractivity contribution in [1.29, 1.82) is 0 Å². The van der Waals surface area contributed by atoms with E-state index in [2.05, 4.69) is 0 Å². The number of aromatic nitrogens is 1. The van der Waals surface area contributed by atoms with Crippen molar-refractivity contribution in [2.75, 3.05) is 0 Å². The van der Waals surface area contributed by atoms with Gasteiger partial charge in [0, 0.05) is 0 Å². The summed E-state index contributed by atoms with van der Waals surface area (Å²) in [6.45, 7) is 1.91. The number of carboxylic acid groups (broad SMARTS) is 1. The van der Waals surface area contributed by atoms with Gasteiger partial charge in [-0.3, -0.25) is 4.79 Å². The van der Waals surface area contributed by atoms with Gasteiger partial charge in [-0.05, 0) is 18.6 Å². The third-order valence-corrected chi connectivity index (χ3v) is 3.81. The zero-order valence-electron chi connectivity index (χ0n) is 9.42. The van der Waals surface area contributed by atoms with Crippen LogP contribution in [0.25, 0.3) is 10.1 Å². The predicted molar refractivity (Wildman–Crippen MR) is 67.7 cm³/mol. The van der Waals surface area contributed by atoms with Crippen molar-refractivity contribution in [2.45, 2.75) is 25.8 Å². The van der Waals surface area contributed by atoms with Crippen molar-refractivity contribution in [2.24, 2.45) is 0 Å². The van der Waals surface area contributed by atoms with Crippen molar-refractivity contribution in [3.8, 4) is 0 Å². The van der Waals surface area contributed by atoms with Gasteiger partial charge in [0.05, 0.1) is 10.1 Å². The van der Waals surface area contributed by atoms with Gasteiger partial charge in [0.25, 0.3) is 5.56 Å². The molecule has 1 aromatic carbocycles. The predicted octanol–water partition coefficient (Wildman–Crippen LogP) is 2.49. The van der Waals surface area contributed by atoms with E-state index in [0.29, 0.717) is 11.8 Å². The Balaban J connectivity index is 2.57. The van der Waals surface area contributed by atoms with E-state index in [4.69, 9.17) is 5.11 Å². The number of fused-ring (bicyclic) bond motifs is 1. The highest BCUT2D eigenvalue weighted by atomic mass is 32.1. The molecule has 0 amide bonds. The van der Waals surface area contributed by atoms with Gasteiger partial charge in [0.2, 0.25) is 0 Å². The number of aliphatic carboxylic acids is 1. The maximum Gasteiger partial charge on any atom is 0.327 e. The molecule has 4 nitrogen and oxygen atoms in total. The average molecular weight is 251 g/mol. The summed E-state index contributed by atoms with van der Waals surface area (Å²) >= 11 is 1.22. The lowest BCUT2D eigenvalue weighted by molar-refractivity contribution is -0.140. The molecular formula is C12H13NO3S. The zero-order chi connectivity index (χ0) is 12.4. The Labute approximate surface area is 102 Å². The Bertz CT molecular complexity index is 599. The Kier molecular flexibility index (Phi) is 3.28. The van der Waals surface area contributed by atoms with Crippen LogP contribution in [0.1, 0.15) is 25.8 Å². The van der Waals surface area contributed by atoms with E-state index in [1.165, 1.54) is 15.5 Å². The van der Waals surface area contributed by atoms with Crippen molar-refractivity contribution in [1.82, 2.24) is 3.96 Å². The normalized spacial score (nSPS) is 12.8. The van der Waals surface area contributed by atoms with Crippen LogP contribution in [0, 0.1) is 0 Å². The second kappa shape index (κ2) is 4.71. The highest BCUT2D eigenvalue weighted by molar-refractivity contribution is 7.13. The summed E-state index contributed by atoms with van der Waals surface area (Å²) in [5.41, 5.74) is -0.202. The minimum Gasteiger partial charge on any atom is -0.480 e. The standard InChI is InChI=1S/C12H13NO3S/c1-2-5-9(12(15)16)13-11(14)8-6-3-4-7-10(8)17-13/h3-4,6-7,9H,2,5H2,1H3,(H,15,16)/t9-/m0/s1. The largest absolute Gasteiger partial charge is 0.480 e. The van der Waals surface area contributed by atoms with Crippen molar-refractivity contribution >= 4 is 27.6 Å². The number of hydrogen-bond acceptors (Lipinski definition) is 3. The fourth-order valence-corrected chi connectivity index (χ4v) is 2.92. The number of benzene rings is 1. The van der Waals surface area contributed by atoms with Gasteiger partial charge in [0.1, 0.15) is 6.04 Å². The molecular weight excluding hydrogens is 238 g/mol. The van der Waals surface area contributed by atoms with Crippen LogP contribution in [0.4, 0.5) is 0 Å². The highest BCUT2D eigenvalue weighted by Crippen LogP contribution is 2.22. The second-order valence-electron chi connectivity index (χ2n) is 3.86. The van der Waals surface area contributed by atoms with Crippen LogP contribution in [0.5, 0.6) is 0 Å². The first-order valence-electron chi connectivity index (χ1n) is 5.48. The Morgan fingerprint density at radius 3 is 2.76 bits per heavy atom. The molecule has 0 aliphatic carbocycles. The monoisotopic (exact) mass is 251 g/mol. The van der Waals surface area contributed by atoms with Crippen molar-refractivity contribution in [3.63, 3.8) is 0 Å². The van der Waals surface area contributed by atoms with Gasteiger partial charge in [0.15, 0.2) is 0 Å². The molecule has 0 radical (unpaired) electrons. The first-order valence-corrected chi connectivity index (χ1v) is 6.26. The van der Waals surface area contributed by atoms with Crippen molar-refractivity contribution < 1.29 is 9.90 Å². The second-order valence-corrected chi connectivity index (χ2v) is 4.88. The van der Waals surface area contributed by atoms with E-state index in [0.717, 1.165) is 11.1 Å². The molecule has 0 spiro atoms. The summed E-state index contributed by atoms with van der Waals surface area (Å²) in [7, 11) is 0. The van der Waals surface area contributed by atoms with Gasteiger partial charge in [-0.15, -0.1) is 0 Å². The first-order chi connectivity index (χ1) is 8.15. The lowest BCUT2D eigenvalue weighted by atomic mass is 10.2. The third kappa shape index (κ3) is 2.10. The van der Waals surface area contributed by atoms with Crippen LogP contribution in [0.2, 0.25) is 0 Å². The van der Waals surface area contributed by atoms with Crippen LogP contribution in [0.3, 0.4) is 0 Å². The molecule has 0 aliphatic heterocycles. The van der Waals surface area contributed by atoms with E-state index in [-0.39, 0.29) is 5.56 Å². The van der Waals surface area contributed by atoms with E-state index >= 15 is 0 Å². The molecule has 2 aromatic rings. The van der Waals surface area contributed by atoms with Gasteiger partial charge < -0.3 is 5.11 Å². The van der Waals surface area contributed by atoms with Gasteiger partial charge in [-0.25, -0.2) is 8.75 Å². The SMILES string of the molecule is CCC[C@@H](C(=O)O)n1sc2ccccc2c1=O. The summed E-state index contributed by atoms with van der Waals surface area (Å²) < 4.78 is 2.20. The quantitative estimate of drug-likeness (QED) is 0.908. The number of carboxylic acids is 1. The molecule has 0 unspecified atom stereocenters. The maximum absolute atomic E-state index is 12.1. The van der Waals surface area contributed by atoms with Crippen LogP contribution in [0.15, 0.2) is 29.1 Å². The zero-order valence-corrected chi connectivity index (χ0v) is 10.2. The Hall–Kier alpha value is -1.62. The van der Waals surface area contributed by atoms with Crippen LogP contribution < -0.4 is 5.56 Å². The molecule has 0 aliphatic rings. The Morgan fingerprint density at radius 2 is 2.18 bits per heavy atom. The van der Waals surface area contributed by atoms with Crippen LogP contribution >= 0.6 is 11.5 Å². The smallest absolute Gasteiger partial charge is 0.327 e. The van der Waals surface area contributed by atoms with E-state index in [9.17, 15) is 9.59 Å². The van der Waals surface area contributed by atoms with E-state index in [1.807, 2.05) is 19.1 Å². The minimum absolute atomic E-state index is 0.202. The molecule has 0 saturated carbocycles. The van der Waals surface area contributed by atoms with Gasteiger partial charge in [-0.1, -0.05) is 37.0 Å². The topological polar surface area (TPSA) is 59.3 Å². The molecule has 90 valence electrons. The summed E-state index contributed by atoms with van der Waals surface area (Å²) in [5.74, 6) is -0.944. The number of nitrogens with zero attached hydrogens (tertiary/aromatic N) is 1. The lowest BCUT2D eigenvalue weighted by Gasteiger charge is -2.10. The third-order valence-electron chi connectivity index (χ3n) is 2.64. The summed E-state index contributed by atoms with van der Waals surface area (Å²) in [5, 5.41) is 9.75. The summed E-state index contributed by atoms with van der Waals surface area (Å²) in [4.78, 5) is 23.2. The van der Waals surface area contributed by atoms with Crippen LogP contribution in [-0.2, 0) is 4.79 Å². The Morgan fingerprint density at radius 1 is 1.47 bits per heavy atom. The molecule has 17 heavy (non-hydrogen) atoms. The first kappa shape index (κ1) is 11.9. The molecule has 1 heterocycles. The fourth-order valence-electron chi connectivity index (χ4n) is 1.81. The van der Waals surface area contributed by atoms with E-state index in [1.54, 1.807) is 12.1 Å². The van der Waals surface area contributed by atoms with Gasteiger partial charge >= 0.3 is 5.97 Å². The molecule has 2 rings (SSSR count). The molecule has 1 aromatic heterocycles. The number of rotatable bonds is 4. The number of hydrogen-bond donors (Lipinski definition) is 1. The van der Waals surface area contributed by atoms with Crippen molar-refractivity contribution in [3.05, 3.63) is 34.6 Å². The van der Waals surface area contributed by atoms with Crippen LogP contribution in [-0.4, -0.2) is 15.0 Å². The maximum atomic E-state index is 12.1. The lowest BCUT2D eigenvalue weighted by Crippen LogP contribution is -2.25. The molecule has 0 saturated heterocycles. The fraction of sp³-hybridized carbons (Fsp3) is 0.333. The van der Waals surface area contributed by atoms with Gasteiger partial charge in [-0.2, -0.15) is 0 Å². The van der Waals surface area contributed by atoms with E-state index < -0.39 is 12.0 Å². The highest BCUT2D eigenvalue weighted by Gasteiger charge is 2.22. The summed E-state index contributed by atoms with van der Waals surface area (Å²) in [6.07, 6.45) is 1.21. The number of carbonyl (C=O) groups is 1. The average Bonchev–Trinajstić information content (AvgIpc) is 2.64. The molecule has 1 N–H and O–H groups in total. The molecule has 0 fully saturated rings.